The predicted octanol–water partition coefficient (Wildman–Crippen LogP) is 5.33. The highest BCUT2D eigenvalue weighted by atomic mass is 35.5. The fourth-order valence-corrected chi connectivity index (χ4v) is 4.83. The maximum Gasteiger partial charge on any atom is 0.113 e. The summed E-state index contributed by atoms with van der Waals surface area (Å²) in [4.78, 5) is 4.67. The van der Waals surface area contributed by atoms with Crippen LogP contribution in [0.25, 0.3) is 11.3 Å². The normalized spacial score (nSPS) is 17.4. The minimum absolute atomic E-state index is 0. The molecule has 2 N–H and O–H groups in total. The van der Waals surface area contributed by atoms with Gasteiger partial charge in [0.2, 0.25) is 0 Å². The smallest absolute Gasteiger partial charge is 0.113 e. The van der Waals surface area contributed by atoms with Gasteiger partial charge >= 0.3 is 0 Å². The number of thiazole rings is 1. The summed E-state index contributed by atoms with van der Waals surface area (Å²) in [6.45, 7) is 0. The van der Waals surface area contributed by atoms with E-state index in [1.807, 2.05) is 11.4 Å². The first kappa shape index (κ1) is 15.5. The molecule has 3 rings (SSSR count). The second-order valence-corrected chi connectivity index (χ2v) is 7.78. The quantitative estimate of drug-likeness (QED) is 0.791. The van der Waals surface area contributed by atoms with Crippen LogP contribution in [-0.2, 0) is 5.54 Å². The molecule has 0 radical (unpaired) electrons. The lowest BCUT2D eigenvalue weighted by Gasteiger charge is -2.19. The van der Waals surface area contributed by atoms with Crippen molar-refractivity contribution in [3.05, 3.63) is 25.1 Å². The molecule has 0 atom stereocenters. The fourth-order valence-electron chi connectivity index (χ4n) is 2.36. The summed E-state index contributed by atoms with van der Waals surface area (Å²) < 4.78 is 1.38. The minimum atomic E-state index is -0.227. The topological polar surface area (TPSA) is 38.9 Å². The Hall–Kier alpha value is 0.160. The van der Waals surface area contributed by atoms with Crippen molar-refractivity contribution in [3.63, 3.8) is 0 Å². The third kappa shape index (κ3) is 2.94. The van der Waals surface area contributed by atoms with E-state index in [0.717, 1.165) is 29.1 Å². The summed E-state index contributed by atoms with van der Waals surface area (Å²) in [5.41, 5.74) is 7.98. The van der Waals surface area contributed by atoms with Crippen LogP contribution in [0.2, 0.25) is 8.67 Å². The standard InChI is InChI=1S/C12H12Cl2N2S2.ClH/c13-9-5-7(10(14)18-9)8-6-17-11(16-8)12(15)3-1-2-4-12;/h5-6H,1-4,15H2;1H. The van der Waals surface area contributed by atoms with Gasteiger partial charge in [-0.3, -0.25) is 0 Å². The molecular formula is C12H13Cl3N2S2. The number of rotatable bonds is 2. The molecule has 1 aliphatic carbocycles. The third-order valence-electron chi connectivity index (χ3n) is 3.36. The monoisotopic (exact) mass is 354 g/mol. The number of nitrogens with two attached hydrogens (primary N) is 1. The predicted molar refractivity (Wildman–Crippen MR) is 87.0 cm³/mol. The second kappa shape index (κ2) is 5.88. The Bertz CT molecular complexity index is 573. The first-order valence-electron chi connectivity index (χ1n) is 5.79. The third-order valence-corrected chi connectivity index (χ3v) is 5.91. The first-order valence-corrected chi connectivity index (χ1v) is 8.24. The van der Waals surface area contributed by atoms with Crippen molar-refractivity contribution in [3.8, 4) is 11.3 Å². The molecule has 2 heterocycles. The zero-order chi connectivity index (χ0) is 12.8. The highest BCUT2D eigenvalue weighted by molar-refractivity contribution is 7.20. The number of hydrogen-bond donors (Lipinski definition) is 1. The molecule has 0 spiro atoms. The second-order valence-electron chi connectivity index (χ2n) is 4.64. The van der Waals surface area contributed by atoms with Crippen LogP contribution < -0.4 is 5.73 Å². The van der Waals surface area contributed by atoms with Gasteiger partial charge in [0.25, 0.3) is 0 Å². The molecule has 1 saturated carbocycles. The van der Waals surface area contributed by atoms with Crippen molar-refractivity contribution >= 4 is 58.3 Å². The molecule has 0 bridgehead atoms. The zero-order valence-electron chi connectivity index (χ0n) is 9.99. The van der Waals surface area contributed by atoms with Gasteiger partial charge in [0.15, 0.2) is 0 Å². The van der Waals surface area contributed by atoms with Crippen molar-refractivity contribution in [2.45, 2.75) is 31.2 Å². The van der Waals surface area contributed by atoms with E-state index in [2.05, 4.69) is 4.98 Å². The van der Waals surface area contributed by atoms with E-state index < -0.39 is 0 Å². The van der Waals surface area contributed by atoms with Crippen LogP contribution in [0.5, 0.6) is 0 Å². The molecule has 19 heavy (non-hydrogen) atoms. The van der Waals surface area contributed by atoms with E-state index in [1.165, 1.54) is 24.2 Å². The largest absolute Gasteiger partial charge is 0.319 e. The molecule has 0 saturated heterocycles. The lowest BCUT2D eigenvalue weighted by atomic mass is 10.0. The summed E-state index contributed by atoms with van der Waals surface area (Å²) in [6.07, 6.45) is 4.43. The molecule has 7 heteroatoms. The van der Waals surface area contributed by atoms with Crippen LogP contribution >= 0.6 is 58.3 Å². The van der Waals surface area contributed by atoms with Gasteiger partial charge in [-0.1, -0.05) is 36.0 Å². The van der Waals surface area contributed by atoms with Crippen LogP contribution in [0, 0.1) is 0 Å². The van der Waals surface area contributed by atoms with E-state index in [0.29, 0.717) is 8.67 Å². The van der Waals surface area contributed by atoms with Crippen LogP contribution in [0.3, 0.4) is 0 Å². The molecule has 1 fully saturated rings. The van der Waals surface area contributed by atoms with Crippen LogP contribution in [-0.4, -0.2) is 4.98 Å². The summed E-state index contributed by atoms with van der Waals surface area (Å²) in [5, 5.41) is 3.04. The Morgan fingerprint density at radius 2 is 1.95 bits per heavy atom. The van der Waals surface area contributed by atoms with Crippen molar-refractivity contribution < 1.29 is 0 Å². The zero-order valence-corrected chi connectivity index (χ0v) is 13.9. The Morgan fingerprint density at radius 3 is 2.53 bits per heavy atom. The number of halogens is 3. The lowest BCUT2D eigenvalue weighted by Crippen LogP contribution is -2.32. The summed E-state index contributed by atoms with van der Waals surface area (Å²) in [7, 11) is 0. The van der Waals surface area contributed by atoms with E-state index in [4.69, 9.17) is 28.9 Å². The van der Waals surface area contributed by atoms with E-state index in [9.17, 15) is 0 Å². The van der Waals surface area contributed by atoms with Gasteiger partial charge in [-0.2, -0.15) is 0 Å². The Kier molecular flexibility index (Phi) is 4.81. The van der Waals surface area contributed by atoms with E-state index in [-0.39, 0.29) is 17.9 Å². The molecule has 104 valence electrons. The van der Waals surface area contributed by atoms with E-state index in [1.54, 1.807) is 11.3 Å². The van der Waals surface area contributed by atoms with Gasteiger partial charge in [0.05, 0.1) is 15.6 Å². The molecule has 2 aromatic heterocycles. The van der Waals surface area contributed by atoms with Crippen molar-refractivity contribution in [2.75, 3.05) is 0 Å². The molecule has 2 nitrogen and oxygen atoms in total. The first-order chi connectivity index (χ1) is 8.58. The number of hydrogen-bond acceptors (Lipinski definition) is 4. The number of thiophene rings is 1. The highest BCUT2D eigenvalue weighted by Crippen LogP contribution is 2.42. The minimum Gasteiger partial charge on any atom is -0.319 e. The summed E-state index contributed by atoms with van der Waals surface area (Å²) in [5.74, 6) is 0. The van der Waals surface area contributed by atoms with Crippen LogP contribution in [0.1, 0.15) is 30.7 Å². The molecule has 0 amide bonds. The Balaban J connectivity index is 0.00000133. The average Bonchev–Trinajstić information content (AvgIpc) is 2.99. The van der Waals surface area contributed by atoms with Gasteiger partial charge in [-0.25, -0.2) is 4.98 Å². The van der Waals surface area contributed by atoms with Gasteiger partial charge in [-0.05, 0) is 18.9 Å². The molecular weight excluding hydrogens is 343 g/mol. The highest BCUT2D eigenvalue weighted by Gasteiger charge is 2.34. The summed E-state index contributed by atoms with van der Waals surface area (Å²) in [6, 6.07) is 1.87. The molecule has 0 aliphatic heterocycles. The van der Waals surface area contributed by atoms with Crippen LogP contribution in [0.4, 0.5) is 0 Å². The Morgan fingerprint density at radius 1 is 1.26 bits per heavy atom. The van der Waals surface area contributed by atoms with E-state index >= 15 is 0 Å². The molecule has 0 aromatic carbocycles. The fraction of sp³-hybridized carbons (Fsp3) is 0.417. The van der Waals surface area contributed by atoms with Gasteiger partial charge in [-0.15, -0.1) is 35.1 Å². The maximum absolute atomic E-state index is 6.41. The molecule has 0 unspecified atom stereocenters. The van der Waals surface area contributed by atoms with Crippen molar-refractivity contribution in [1.82, 2.24) is 4.98 Å². The maximum atomic E-state index is 6.41. The molecule has 1 aliphatic rings. The van der Waals surface area contributed by atoms with Gasteiger partial charge in [0, 0.05) is 10.9 Å². The average molecular weight is 356 g/mol. The van der Waals surface area contributed by atoms with Crippen molar-refractivity contribution in [2.24, 2.45) is 5.73 Å². The van der Waals surface area contributed by atoms with Crippen LogP contribution in [0.15, 0.2) is 11.4 Å². The lowest BCUT2D eigenvalue weighted by molar-refractivity contribution is 0.459. The summed E-state index contributed by atoms with van der Waals surface area (Å²) >= 11 is 15.1. The van der Waals surface area contributed by atoms with Crippen molar-refractivity contribution in [1.29, 1.82) is 0 Å². The SMILES string of the molecule is Cl.NC1(c2nc(-c3cc(Cl)sc3Cl)cs2)CCCC1. The number of nitrogens with zero attached hydrogens (tertiary/aromatic N) is 1. The Labute approximate surface area is 136 Å². The van der Waals surface area contributed by atoms with Gasteiger partial charge in [0.1, 0.15) is 9.34 Å². The molecule has 2 aromatic rings. The number of aromatic nitrogens is 1. The van der Waals surface area contributed by atoms with Gasteiger partial charge < -0.3 is 5.73 Å².